The van der Waals surface area contributed by atoms with Gasteiger partial charge >= 0.3 is 5.97 Å². The number of nitrogens with zero attached hydrogens (tertiary/aromatic N) is 1. The van der Waals surface area contributed by atoms with E-state index in [1.165, 1.54) is 0 Å². The first-order valence-corrected chi connectivity index (χ1v) is 6.75. The molecule has 1 aliphatic heterocycles. The van der Waals surface area contributed by atoms with Crippen LogP contribution in [0.1, 0.15) is 6.42 Å². The van der Waals surface area contributed by atoms with Gasteiger partial charge in [0.05, 0.1) is 12.1 Å². The number of benzene rings is 1. The van der Waals surface area contributed by atoms with E-state index < -0.39 is 11.2 Å². The van der Waals surface area contributed by atoms with Crippen molar-refractivity contribution in [3.63, 3.8) is 0 Å². The molecular formula is C11H9BrN2O3S. The van der Waals surface area contributed by atoms with Crippen molar-refractivity contribution >= 4 is 50.4 Å². The number of carbonyl (C=O) groups is 2. The molecule has 18 heavy (non-hydrogen) atoms. The number of hydrogen-bond acceptors (Lipinski definition) is 4. The zero-order valence-corrected chi connectivity index (χ0v) is 11.5. The Morgan fingerprint density at radius 1 is 1.44 bits per heavy atom. The first-order valence-electron chi connectivity index (χ1n) is 5.08. The molecule has 0 spiro atoms. The second-order valence-corrected chi connectivity index (χ2v) is 5.69. The Morgan fingerprint density at radius 3 is 2.72 bits per heavy atom. The van der Waals surface area contributed by atoms with Gasteiger partial charge in [0.15, 0.2) is 5.17 Å². The molecule has 5 nitrogen and oxygen atoms in total. The molecule has 1 saturated heterocycles. The molecule has 1 fully saturated rings. The second kappa shape index (κ2) is 5.53. The van der Waals surface area contributed by atoms with Gasteiger partial charge in [0.1, 0.15) is 5.25 Å². The van der Waals surface area contributed by atoms with Crippen LogP contribution >= 0.6 is 27.7 Å². The molecule has 7 heteroatoms. The molecule has 1 heterocycles. The van der Waals surface area contributed by atoms with Crippen LogP contribution in [-0.2, 0) is 9.59 Å². The minimum absolute atomic E-state index is 0.199. The Morgan fingerprint density at radius 2 is 2.11 bits per heavy atom. The van der Waals surface area contributed by atoms with Gasteiger partial charge < -0.3 is 10.4 Å². The number of thioether (sulfide) groups is 1. The predicted molar refractivity (Wildman–Crippen MR) is 73.0 cm³/mol. The van der Waals surface area contributed by atoms with E-state index in [0.717, 1.165) is 16.2 Å². The molecule has 1 unspecified atom stereocenters. The van der Waals surface area contributed by atoms with Crippen LogP contribution in [0.4, 0.5) is 5.69 Å². The summed E-state index contributed by atoms with van der Waals surface area (Å²) in [5, 5.41) is 11.1. The smallest absolute Gasteiger partial charge is 0.305 e. The van der Waals surface area contributed by atoms with E-state index >= 15 is 0 Å². The quantitative estimate of drug-likeness (QED) is 0.891. The number of aliphatic carboxylic acids is 1. The van der Waals surface area contributed by atoms with Gasteiger partial charge in [-0.25, -0.2) is 4.99 Å². The summed E-state index contributed by atoms with van der Waals surface area (Å²) in [7, 11) is 0. The molecular weight excluding hydrogens is 320 g/mol. The maximum absolute atomic E-state index is 11.5. The van der Waals surface area contributed by atoms with E-state index in [2.05, 4.69) is 26.2 Å². The van der Waals surface area contributed by atoms with E-state index in [-0.39, 0.29) is 12.3 Å². The molecule has 1 aliphatic rings. The number of aliphatic imine (C=N–C) groups is 1. The van der Waals surface area contributed by atoms with E-state index in [0.29, 0.717) is 10.9 Å². The SMILES string of the molecule is O=C(O)CC1SC(=Nc2ccc(Br)cc2)NC1=O. The molecule has 0 aliphatic carbocycles. The van der Waals surface area contributed by atoms with Gasteiger partial charge in [-0.3, -0.25) is 9.59 Å². The van der Waals surface area contributed by atoms with Gasteiger partial charge in [0.25, 0.3) is 0 Å². The minimum atomic E-state index is -0.993. The summed E-state index contributed by atoms with van der Waals surface area (Å²) in [6, 6.07) is 7.29. The average molecular weight is 329 g/mol. The highest BCUT2D eigenvalue weighted by molar-refractivity contribution is 9.10. The zero-order valence-electron chi connectivity index (χ0n) is 9.09. The molecule has 1 amide bonds. The number of halogens is 1. The topological polar surface area (TPSA) is 78.8 Å². The van der Waals surface area contributed by atoms with Crippen LogP contribution in [-0.4, -0.2) is 27.4 Å². The molecule has 1 aromatic carbocycles. The van der Waals surface area contributed by atoms with Crippen LogP contribution in [0.5, 0.6) is 0 Å². The highest BCUT2D eigenvalue weighted by Gasteiger charge is 2.31. The van der Waals surface area contributed by atoms with Crippen molar-refractivity contribution in [1.82, 2.24) is 5.32 Å². The molecule has 1 aromatic rings. The van der Waals surface area contributed by atoms with E-state index in [1.807, 2.05) is 12.1 Å². The summed E-state index contributed by atoms with van der Waals surface area (Å²) < 4.78 is 0.943. The van der Waals surface area contributed by atoms with Crippen LogP contribution in [0.3, 0.4) is 0 Å². The van der Waals surface area contributed by atoms with E-state index in [1.54, 1.807) is 12.1 Å². The number of carbonyl (C=O) groups excluding carboxylic acids is 1. The van der Waals surface area contributed by atoms with Gasteiger partial charge in [0.2, 0.25) is 5.91 Å². The van der Waals surface area contributed by atoms with Crippen molar-refractivity contribution in [3.05, 3.63) is 28.7 Å². The van der Waals surface area contributed by atoms with Crippen molar-refractivity contribution in [2.45, 2.75) is 11.7 Å². The maximum Gasteiger partial charge on any atom is 0.305 e. The van der Waals surface area contributed by atoms with Gasteiger partial charge in [-0.2, -0.15) is 0 Å². The van der Waals surface area contributed by atoms with Crippen molar-refractivity contribution in [1.29, 1.82) is 0 Å². The van der Waals surface area contributed by atoms with Crippen LogP contribution < -0.4 is 5.32 Å². The Labute approximate surface area is 116 Å². The maximum atomic E-state index is 11.5. The Hall–Kier alpha value is -1.34. The van der Waals surface area contributed by atoms with Gasteiger partial charge in [-0.1, -0.05) is 27.7 Å². The monoisotopic (exact) mass is 328 g/mol. The molecule has 2 N–H and O–H groups in total. The molecule has 0 saturated carbocycles. The van der Waals surface area contributed by atoms with Gasteiger partial charge in [0, 0.05) is 4.47 Å². The fourth-order valence-electron chi connectivity index (χ4n) is 1.38. The predicted octanol–water partition coefficient (Wildman–Crippen LogP) is 2.14. The van der Waals surface area contributed by atoms with Crippen molar-refractivity contribution < 1.29 is 14.7 Å². The Bertz CT molecular complexity index is 516. The van der Waals surface area contributed by atoms with Gasteiger partial charge in [-0.15, -0.1) is 0 Å². The molecule has 0 radical (unpaired) electrons. The number of rotatable bonds is 3. The van der Waals surface area contributed by atoms with Crippen LogP contribution in [0.2, 0.25) is 0 Å². The lowest BCUT2D eigenvalue weighted by Crippen LogP contribution is -2.26. The lowest BCUT2D eigenvalue weighted by Gasteiger charge is -1.98. The number of nitrogens with one attached hydrogen (secondary N) is 1. The summed E-state index contributed by atoms with van der Waals surface area (Å²) in [5.74, 6) is -1.30. The molecule has 0 aromatic heterocycles. The normalized spacial score (nSPS) is 21.1. The van der Waals surface area contributed by atoms with Crippen LogP contribution in [0, 0.1) is 0 Å². The Kier molecular flexibility index (Phi) is 4.03. The highest BCUT2D eigenvalue weighted by atomic mass is 79.9. The molecule has 0 bridgehead atoms. The molecule has 2 rings (SSSR count). The third-order valence-corrected chi connectivity index (χ3v) is 3.80. The summed E-state index contributed by atoms with van der Waals surface area (Å²) in [4.78, 5) is 26.3. The number of carboxylic acids is 1. The summed E-state index contributed by atoms with van der Waals surface area (Å²) in [6.07, 6.45) is -0.199. The Balaban J connectivity index is 2.09. The number of amides is 1. The first-order chi connectivity index (χ1) is 8.54. The number of hydrogen-bond donors (Lipinski definition) is 2. The second-order valence-electron chi connectivity index (χ2n) is 3.59. The standard InChI is InChI=1S/C11H9BrN2O3S/c12-6-1-3-7(4-2-6)13-11-14-10(17)8(18-11)5-9(15)16/h1-4,8H,5H2,(H,15,16)(H,13,14,17). The third kappa shape index (κ3) is 3.33. The lowest BCUT2D eigenvalue weighted by atomic mass is 10.3. The lowest BCUT2D eigenvalue weighted by molar-refractivity contribution is -0.138. The minimum Gasteiger partial charge on any atom is -0.481 e. The third-order valence-electron chi connectivity index (χ3n) is 2.19. The van der Waals surface area contributed by atoms with Crippen LogP contribution in [0.25, 0.3) is 0 Å². The van der Waals surface area contributed by atoms with E-state index in [9.17, 15) is 9.59 Å². The fraction of sp³-hybridized carbons (Fsp3) is 0.182. The number of carboxylic acid groups (broad SMARTS) is 1. The van der Waals surface area contributed by atoms with Crippen molar-refractivity contribution in [2.24, 2.45) is 4.99 Å². The first kappa shape index (κ1) is 13.1. The molecule has 94 valence electrons. The highest BCUT2D eigenvalue weighted by Crippen LogP contribution is 2.25. The summed E-state index contributed by atoms with van der Waals surface area (Å²) >= 11 is 4.46. The van der Waals surface area contributed by atoms with Crippen molar-refractivity contribution in [3.8, 4) is 0 Å². The summed E-state index contributed by atoms with van der Waals surface area (Å²) in [5.41, 5.74) is 0.706. The average Bonchev–Trinajstić information content (AvgIpc) is 2.62. The van der Waals surface area contributed by atoms with Crippen LogP contribution in [0.15, 0.2) is 33.7 Å². The van der Waals surface area contributed by atoms with E-state index in [4.69, 9.17) is 5.11 Å². The zero-order chi connectivity index (χ0) is 13.1. The molecule has 1 atom stereocenters. The summed E-state index contributed by atoms with van der Waals surface area (Å²) in [6.45, 7) is 0. The largest absolute Gasteiger partial charge is 0.481 e. The van der Waals surface area contributed by atoms with Gasteiger partial charge in [-0.05, 0) is 24.3 Å². The van der Waals surface area contributed by atoms with Crippen molar-refractivity contribution in [2.75, 3.05) is 0 Å². The number of amidine groups is 1. The fourth-order valence-corrected chi connectivity index (χ4v) is 2.63.